The van der Waals surface area contributed by atoms with E-state index >= 15 is 0 Å². The first-order valence-electron chi connectivity index (χ1n) is 9.97. The molecule has 2 N–H and O–H groups in total. The lowest BCUT2D eigenvalue weighted by Gasteiger charge is -2.14. The SMILES string of the molecule is Cn1c(-c2ccc(OC(F)(F)F)cc2)cc(C(=O)NCCCc2ccc(Cl)c(Cl)c2)c(O)c1=O. The number of benzene rings is 2. The average Bonchev–Trinajstić information content (AvgIpc) is 2.77. The molecule has 0 saturated heterocycles. The fourth-order valence-corrected chi connectivity index (χ4v) is 3.57. The Kier molecular flexibility index (Phi) is 7.78. The molecule has 1 amide bonds. The summed E-state index contributed by atoms with van der Waals surface area (Å²) in [7, 11) is 1.37. The molecule has 0 radical (unpaired) electrons. The first-order valence-corrected chi connectivity index (χ1v) is 10.7. The standard InChI is InChI=1S/C23H19Cl2F3N2O4/c1-30-19(14-5-7-15(8-6-14)34-23(26,27)28)12-16(20(31)22(30)33)21(32)29-10-2-3-13-4-9-17(24)18(25)11-13/h4-9,11-12,31H,2-3,10H2,1H3,(H,29,32). The van der Waals surface area contributed by atoms with E-state index in [1.807, 2.05) is 6.07 Å². The monoisotopic (exact) mass is 514 g/mol. The Balaban J connectivity index is 1.73. The molecule has 0 aliphatic rings. The molecule has 34 heavy (non-hydrogen) atoms. The Morgan fingerprint density at radius 1 is 1.09 bits per heavy atom. The molecule has 0 saturated carbocycles. The van der Waals surface area contributed by atoms with Gasteiger partial charge in [0.1, 0.15) is 5.75 Å². The quantitative estimate of drug-likeness (QED) is 0.418. The van der Waals surface area contributed by atoms with Crippen molar-refractivity contribution >= 4 is 29.1 Å². The molecule has 6 nitrogen and oxygen atoms in total. The number of pyridine rings is 1. The van der Waals surface area contributed by atoms with Crippen molar-refractivity contribution in [3.05, 3.63) is 80.1 Å². The Hall–Kier alpha value is -3.17. The van der Waals surface area contributed by atoms with Crippen molar-refractivity contribution in [2.75, 3.05) is 6.54 Å². The summed E-state index contributed by atoms with van der Waals surface area (Å²) in [6, 6.07) is 11.3. The molecule has 3 rings (SSSR count). The smallest absolute Gasteiger partial charge is 0.502 e. The van der Waals surface area contributed by atoms with Crippen LogP contribution in [0.2, 0.25) is 10.0 Å². The van der Waals surface area contributed by atoms with Crippen LogP contribution in [0.3, 0.4) is 0 Å². The van der Waals surface area contributed by atoms with Crippen LogP contribution < -0.4 is 15.6 Å². The van der Waals surface area contributed by atoms with Crippen LogP contribution in [-0.2, 0) is 13.5 Å². The van der Waals surface area contributed by atoms with Crippen molar-refractivity contribution < 1.29 is 27.8 Å². The molecule has 180 valence electrons. The van der Waals surface area contributed by atoms with E-state index in [-0.39, 0.29) is 17.8 Å². The highest BCUT2D eigenvalue weighted by Gasteiger charge is 2.31. The largest absolute Gasteiger partial charge is 0.573 e. The fraction of sp³-hybridized carbons (Fsp3) is 0.217. The van der Waals surface area contributed by atoms with Gasteiger partial charge < -0.3 is 19.7 Å². The van der Waals surface area contributed by atoms with Gasteiger partial charge in [-0.2, -0.15) is 0 Å². The number of nitrogens with zero attached hydrogens (tertiary/aromatic N) is 1. The zero-order valence-electron chi connectivity index (χ0n) is 17.7. The van der Waals surface area contributed by atoms with E-state index in [1.54, 1.807) is 12.1 Å². The molecule has 0 aliphatic heterocycles. The number of aromatic hydroxyl groups is 1. The molecule has 1 heterocycles. The summed E-state index contributed by atoms with van der Waals surface area (Å²) in [5.41, 5.74) is 0.433. The van der Waals surface area contributed by atoms with E-state index in [1.165, 1.54) is 25.2 Å². The van der Waals surface area contributed by atoms with Gasteiger partial charge in [0.15, 0.2) is 5.75 Å². The van der Waals surface area contributed by atoms with E-state index in [4.69, 9.17) is 23.2 Å². The number of carbonyl (C=O) groups is 1. The summed E-state index contributed by atoms with van der Waals surface area (Å²) in [6.07, 6.45) is -3.67. The van der Waals surface area contributed by atoms with Crippen molar-refractivity contribution in [1.29, 1.82) is 0 Å². The lowest BCUT2D eigenvalue weighted by atomic mass is 10.1. The summed E-state index contributed by atoms with van der Waals surface area (Å²) >= 11 is 11.9. The Morgan fingerprint density at radius 3 is 2.38 bits per heavy atom. The minimum atomic E-state index is -4.84. The third-order valence-electron chi connectivity index (χ3n) is 4.94. The van der Waals surface area contributed by atoms with Crippen LogP contribution in [0, 0.1) is 0 Å². The average molecular weight is 515 g/mol. The van der Waals surface area contributed by atoms with Crippen molar-refractivity contribution in [3.63, 3.8) is 0 Å². The van der Waals surface area contributed by atoms with Gasteiger partial charge in [-0.25, -0.2) is 0 Å². The minimum Gasteiger partial charge on any atom is -0.502 e. The Morgan fingerprint density at radius 2 is 1.76 bits per heavy atom. The molecule has 0 unspecified atom stereocenters. The number of alkyl halides is 3. The van der Waals surface area contributed by atoms with Gasteiger partial charge in [-0.3, -0.25) is 9.59 Å². The topological polar surface area (TPSA) is 80.6 Å². The molecule has 11 heteroatoms. The molecule has 0 aliphatic carbocycles. The van der Waals surface area contributed by atoms with Gasteiger partial charge in [0, 0.05) is 13.6 Å². The van der Waals surface area contributed by atoms with Crippen LogP contribution in [0.25, 0.3) is 11.3 Å². The summed E-state index contributed by atoms with van der Waals surface area (Å²) in [5, 5.41) is 13.7. The number of aryl methyl sites for hydroxylation is 1. The number of carbonyl (C=O) groups excluding carboxylic acids is 1. The number of rotatable bonds is 7. The van der Waals surface area contributed by atoms with Crippen LogP contribution in [0.15, 0.2) is 53.3 Å². The zero-order chi connectivity index (χ0) is 25.0. The number of halogens is 5. The second-order valence-corrected chi connectivity index (χ2v) is 8.15. The van der Waals surface area contributed by atoms with Crippen molar-refractivity contribution in [3.8, 4) is 22.8 Å². The number of ether oxygens (including phenoxy) is 1. The number of hydrogen-bond donors (Lipinski definition) is 2. The van der Waals surface area contributed by atoms with Gasteiger partial charge in [-0.1, -0.05) is 29.3 Å². The van der Waals surface area contributed by atoms with Gasteiger partial charge in [-0.15, -0.1) is 13.2 Å². The maximum atomic E-state index is 12.6. The van der Waals surface area contributed by atoms with Gasteiger partial charge in [0.25, 0.3) is 11.5 Å². The van der Waals surface area contributed by atoms with Crippen molar-refractivity contribution in [2.24, 2.45) is 7.05 Å². The minimum absolute atomic E-state index is 0.224. The van der Waals surface area contributed by atoms with Crippen LogP contribution in [0.4, 0.5) is 13.2 Å². The number of amides is 1. The predicted molar refractivity (Wildman–Crippen MR) is 123 cm³/mol. The zero-order valence-corrected chi connectivity index (χ0v) is 19.3. The van der Waals surface area contributed by atoms with Gasteiger partial charge in [0.05, 0.1) is 21.3 Å². The summed E-state index contributed by atoms with van der Waals surface area (Å²) < 4.78 is 42.1. The van der Waals surface area contributed by atoms with E-state index in [2.05, 4.69) is 10.1 Å². The second-order valence-electron chi connectivity index (χ2n) is 7.34. The van der Waals surface area contributed by atoms with Crippen LogP contribution in [-0.4, -0.2) is 28.5 Å². The number of nitrogens with one attached hydrogen (secondary N) is 1. The second kappa shape index (κ2) is 10.4. The third-order valence-corrected chi connectivity index (χ3v) is 5.68. The highest BCUT2D eigenvalue weighted by Crippen LogP contribution is 2.28. The molecule has 2 aromatic carbocycles. The molecular weight excluding hydrogens is 496 g/mol. The first kappa shape index (κ1) is 25.5. The Bertz CT molecular complexity index is 1260. The summed E-state index contributed by atoms with van der Waals surface area (Å²) in [5.74, 6) is -1.83. The molecule has 0 atom stereocenters. The fourth-order valence-electron chi connectivity index (χ4n) is 3.25. The molecule has 3 aromatic rings. The number of aromatic nitrogens is 1. The Labute approximate surface area is 202 Å². The van der Waals surface area contributed by atoms with Crippen molar-refractivity contribution in [2.45, 2.75) is 19.2 Å². The van der Waals surface area contributed by atoms with Crippen LogP contribution >= 0.6 is 23.2 Å². The highest BCUT2D eigenvalue weighted by molar-refractivity contribution is 6.42. The van der Waals surface area contributed by atoms with E-state index in [0.717, 1.165) is 22.3 Å². The maximum Gasteiger partial charge on any atom is 0.573 e. The lowest BCUT2D eigenvalue weighted by molar-refractivity contribution is -0.274. The van der Waals surface area contributed by atoms with Gasteiger partial charge >= 0.3 is 6.36 Å². The lowest BCUT2D eigenvalue weighted by Crippen LogP contribution is -2.28. The van der Waals surface area contributed by atoms with E-state index in [9.17, 15) is 27.9 Å². The molecule has 0 spiro atoms. The summed E-state index contributed by atoms with van der Waals surface area (Å²) in [4.78, 5) is 25.1. The predicted octanol–water partition coefficient (Wildman–Crippen LogP) is 5.33. The van der Waals surface area contributed by atoms with E-state index in [0.29, 0.717) is 28.5 Å². The summed E-state index contributed by atoms with van der Waals surface area (Å²) in [6.45, 7) is 0.256. The maximum absolute atomic E-state index is 12.6. The van der Waals surface area contributed by atoms with Crippen LogP contribution in [0.5, 0.6) is 11.5 Å². The van der Waals surface area contributed by atoms with E-state index < -0.39 is 29.3 Å². The van der Waals surface area contributed by atoms with Gasteiger partial charge in [-0.05, 0) is 66.4 Å². The van der Waals surface area contributed by atoms with Gasteiger partial charge in [0.2, 0.25) is 0 Å². The molecular formula is C23H19Cl2F3N2O4. The molecule has 1 aromatic heterocycles. The number of hydrogen-bond acceptors (Lipinski definition) is 4. The normalized spacial score (nSPS) is 11.4. The van der Waals surface area contributed by atoms with Crippen molar-refractivity contribution in [1.82, 2.24) is 9.88 Å². The third kappa shape index (κ3) is 6.24. The first-order chi connectivity index (χ1) is 16.0. The molecule has 0 fully saturated rings. The highest BCUT2D eigenvalue weighted by atomic mass is 35.5. The molecule has 0 bridgehead atoms. The van der Waals surface area contributed by atoms with Crippen LogP contribution in [0.1, 0.15) is 22.3 Å².